The highest BCUT2D eigenvalue weighted by atomic mass is 16.6. The summed E-state index contributed by atoms with van der Waals surface area (Å²) < 4.78 is 10.9. The summed E-state index contributed by atoms with van der Waals surface area (Å²) in [5.74, 6) is 0.622. The molecule has 0 saturated carbocycles. The number of benzene rings is 1. The number of pyridine rings is 1. The van der Waals surface area contributed by atoms with E-state index in [1.54, 1.807) is 43.5 Å². The molecule has 0 radical (unpaired) electrons. The van der Waals surface area contributed by atoms with E-state index in [1.807, 2.05) is 0 Å². The van der Waals surface area contributed by atoms with Crippen molar-refractivity contribution in [2.24, 2.45) is 5.10 Å². The minimum atomic E-state index is -0.385. The molecule has 0 atom stereocenters. The zero-order valence-corrected chi connectivity index (χ0v) is 14.2. The van der Waals surface area contributed by atoms with Crippen LogP contribution in [0.15, 0.2) is 47.8 Å². The van der Waals surface area contributed by atoms with Crippen LogP contribution >= 0.6 is 0 Å². The second-order valence-corrected chi connectivity index (χ2v) is 5.61. The van der Waals surface area contributed by atoms with Crippen LogP contribution in [0.4, 0.5) is 5.69 Å². The van der Waals surface area contributed by atoms with E-state index in [1.165, 1.54) is 6.20 Å². The number of aromatic nitrogens is 1. The second-order valence-electron chi connectivity index (χ2n) is 5.61. The Morgan fingerprint density at radius 1 is 1.19 bits per heavy atom. The van der Waals surface area contributed by atoms with Crippen molar-refractivity contribution in [3.63, 3.8) is 0 Å². The lowest BCUT2D eigenvalue weighted by atomic mass is 10.2. The molecule has 1 aromatic carbocycles. The van der Waals surface area contributed by atoms with Crippen LogP contribution < -0.4 is 20.2 Å². The molecular weight excluding hydrogens is 336 g/mol. The molecule has 26 heavy (non-hydrogen) atoms. The van der Waals surface area contributed by atoms with Gasteiger partial charge in [0.2, 0.25) is 5.91 Å². The van der Waals surface area contributed by atoms with Crippen LogP contribution in [0.2, 0.25) is 0 Å². The van der Waals surface area contributed by atoms with Crippen molar-refractivity contribution in [2.75, 3.05) is 18.5 Å². The summed E-state index contributed by atoms with van der Waals surface area (Å²) in [6, 6.07) is 8.48. The molecule has 3 rings (SSSR count). The Kier molecular flexibility index (Phi) is 5.43. The lowest BCUT2D eigenvalue weighted by Crippen LogP contribution is -2.21. The van der Waals surface area contributed by atoms with Crippen molar-refractivity contribution in [1.82, 2.24) is 10.4 Å². The third-order valence-corrected chi connectivity index (χ3v) is 3.51. The van der Waals surface area contributed by atoms with Gasteiger partial charge in [-0.25, -0.2) is 5.43 Å². The van der Waals surface area contributed by atoms with Gasteiger partial charge in [0.05, 0.1) is 12.0 Å². The second kappa shape index (κ2) is 8.11. The molecular formula is C18H18N4O4. The minimum absolute atomic E-state index is 0.0434. The predicted octanol–water partition coefficient (Wildman–Crippen LogP) is 1.99. The van der Waals surface area contributed by atoms with E-state index in [-0.39, 0.29) is 18.2 Å². The monoisotopic (exact) mass is 354 g/mol. The molecule has 0 bridgehead atoms. The molecule has 0 saturated heterocycles. The maximum absolute atomic E-state index is 12.1. The van der Waals surface area contributed by atoms with E-state index >= 15 is 0 Å². The average Bonchev–Trinajstić information content (AvgIpc) is 2.66. The van der Waals surface area contributed by atoms with Crippen molar-refractivity contribution in [2.45, 2.75) is 13.3 Å². The Bertz CT molecular complexity index is 836. The van der Waals surface area contributed by atoms with E-state index in [0.29, 0.717) is 41.7 Å². The molecule has 0 unspecified atom stereocenters. The van der Waals surface area contributed by atoms with Gasteiger partial charge in [-0.3, -0.25) is 14.6 Å². The number of hydrazone groups is 1. The Morgan fingerprint density at radius 2 is 2.00 bits per heavy atom. The highest BCUT2D eigenvalue weighted by molar-refractivity contribution is 6.06. The van der Waals surface area contributed by atoms with Gasteiger partial charge in [-0.05, 0) is 31.2 Å². The van der Waals surface area contributed by atoms with Crippen LogP contribution in [-0.2, 0) is 4.79 Å². The molecule has 8 nitrogen and oxygen atoms in total. The number of ether oxygens (including phenoxy) is 2. The summed E-state index contributed by atoms with van der Waals surface area (Å²) in [7, 11) is 0. The predicted molar refractivity (Wildman–Crippen MR) is 95.5 cm³/mol. The van der Waals surface area contributed by atoms with Gasteiger partial charge in [-0.1, -0.05) is 0 Å². The molecule has 1 aromatic heterocycles. The van der Waals surface area contributed by atoms with E-state index in [9.17, 15) is 9.59 Å². The first-order valence-electron chi connectivity index (χ1n) is 8.05. The molecule has 0 spiro atoms. The lowest BCUT2D eigenvalue weighted by molar-refractivity contribution is -0.115. The van der Waals surface area contributed by atoms with Gasteiger partial charge in [0, 0.05) is 29.9 Å². The van der Waals surface area contributed by atoms with Crippen molar-refractivity contribution >= 4 is 23.2 Å². The number of carbonyl (C=O) groups is 2. The third kappa shape index (κ3) is 4.56. The molecule has 2 aromatic rings. The first-order chi connectivity index (χ1) is 12.6. The minimum Gasteiger partial charge on any atom is -0.486 e. The number of rotatable bonds is 5. The number of nitrogens with zero attached hydrogens (tertiary/aromatic N) is 2. The molecule has 1 aliphatic rings. The first kappa shape index (κ1) is 17.4. The fourth-order valence-electron chi connectivity index (χ4n) is 2.31. The standard InChI is InChI=1S/C18H18N4O4/c1-12(21-22-18(24)13-3-2-6-19-11-13)9-17(23)20-14-4-5-15-16(10-14)26-8-7-25-15/h2-6,10-11H,7-9H2,1H3,(H,20,23)(H,22,24)/b21-12+. The fourth-order valence-corrected chi connectivity index (χ4v) is 2.31. The lowest BCUT2D eigenvalue weighted by Gasteiger charge is -2.19. The number of fused-ring (bicyclic) bond motifs is 1. The summed E-state index contributed by atoms with van der Waals surface area (Å²) in [5, 5.41) is 6.70. The fraction of sp³-hybridized carbons (Fsp3) is 0.222. The maximum atomic E-state index is 12.1. The quantitative estimate of drug-likeness (QED) is 0.631. The smallest absolute Gasteiger partial charge is 0.272 e. The zero-order valence-electron chi connectivity index (χ0n) is 14.2. The molecule has 2 heterocycles. The SMILES string of the molecule is C/C(CC(=O)Nc1ccc2c(c1)OCCO2)=N\NC(=O)c1cccnc1. The van der Waals surface area contributed by atoms with Crippen LogP contribution in [0, 0.1) is 0 Å². The van der Waals surface area contributed by atoms with Gasteiger partial charge in [-0.15, -0.1) is 0 Å². The summed E-state index contributed by atoms with van der Waals surface area (Å²) in [6.45, 7) is 2.65. The van der Waals surface area contributed by atoms with Crippen molar-refractivity contribution in [1.29, 1.82) is 0 Å². The third-order valence-electron chi connectivity index (χ3n) is 3.51. The highest BCUT2D eigenvalue weighted by Gasteiger charge is 2.13. The number of nitrogens with one attached hydrogen (secondary N) is 2. The van der Waals surface area contributed by atoms with E-state index < -0.39 is 0 Å². The van der Waals surface area contributed by atoms with Crippen molar-refractivity contribution in [3.05, 3.63) is 48.3 Å². The van der Waals surface area contributed by atoms with Gasteiger partial charge in [-0.2, -0.15) is 5.10 Å². The van der Waals surface area contributed by atoms with E-state index in [0.717, 1.165) is 0 Å². The summed E-state index contributed by atoms with van der Waals surface area (Å²) in [5.41, 5.74) is 3.87. The van der Waals surface area contributed by atoms with Crippen LogP contribution in [0.5, 0.6) is 11.5 Å². The normalized spacial score (nSPS) is 13.0. The number of hydrogen-bond acceptors (Lipinski definition) is 6. The highest BCUT2D eigenvalue weighted by Crippen LogP contribution is 2.32. The van der Waals surface area contributed by atoms with Crippen LogP contribution in [0.25, 0.3) is 0 Å². The van der Waals surface area contributed by atoms with E-state index in [4.69, 9.17) is 9.47 Å². The molecule has 0 fully saturated rings. The molecule has 1 aliphatic heterocycles. The number of amides is 2. The van der Waals surface area contributed by atoms with E-state index in [2.05, 4.69) is 20.8 Å². The van der Waals surface area contributed by atoms with Gasteiger partial charge >= 0.3 is 0 Å². The van der Waals surface area contributed by atoms with Crippen molar-refractivity contribution < 1.29 is 19.1 Å². The maximum Gasteiger partial charge on any atom is 0.272 e. The Labute approximate surface area is 150 Å². The average molecular weight is 354 g/mol. The number of anilines is 1. The summed E-state index contributed by atoms with van der Waals surface area (Å²) >= 11 is 0. The summed E-state index contributed by atoms with van der Waals surface area (Å²) in [4.78, 5) is 27.9. The Balaban J connectivity index is 1.53. The van der Waals surface area contributed by atoms with Crippen LogP contribution in [-0.4, -0.2) is 35.7 Å². The number of hydrogen-bond donors (Lipinski definition) is 2. The van der Waals surface area contributed by atoms with Crippen molar-refractivity contribution in [3.8, 4) is 11.5 Å². The topological polar surface area (TPSA) is 102 Å². The summed E-state index contributed by atoms with van der Waals surface area (Å²) in [6.07, 6.45) is 3.06. The molecule has 2 amide bonds. The van der Waals surface area contributed by atoms with Gasteiger partial charge in [0.15, 0.2) is 11.5 Å². The first-order valence-corrected chi connectivity index (χ1v) is 8.05. The number of carbonyl (C=O) groups excluding carboxylic acids is 2. The largest absolute Gasteiger partial charge is 0.486 e. The van der Waals surface area contributed by atoms with Gasteiger partial charge in [0.25, 0.3) is 5.91 Å². The molecule has 0 aliphatic carbocycles. The van der Waals surface area contributed by atoms with Gasteiger partial charge in [0.1, 0.15) is 13.2 Å². The Morgan fingerprint density at radius 3 is 2.77 bits per heavy atom. The zero-order chi connectivity index (χ0) is 18.4. The molecule has 134 valence electrons. The molecule has 2 N–H and O–H groups in total. The van der Waals surface area contributed by atoms with Crippen LogP contribution in [0.1, 0.15) is 23.7 Å². The van der Waals surface area contributed by atoms with Crippen LogP contribution in [0.3, 0.4) is 0 Å². The Hall–Kier alpha value is -3.42. The molecule has 8 heteroatoms. The van der Waals surface area contributed by atoms with Gasteiger partial charge < -0.3 is 14.8 Å².